The SMILES string of the molecule is CCNC(COc1cccc(C)c1F)C(=O)OCC. The Morgan fingerprint density at radius 3 is 2.79 bits per heavy atom. The Morgan fingerprint density at radius 2 is 2.16 bits per heavy atom. The van der Waals surface area contributed by atoms with Gasteiger partial charge in [-0.3, -0.25) is 4.79 Å². The van der Waals surface area contributed by atoms with E-state index in [4.69, 9.17) is 9.47 Å². The first-order valence-corrected chi connectivity index (χ1v) is 6.38. The Hall–Kier alpha value is -1.62. The largest absolute Gasteiger partial charge is 0.488 e. The predicted octanol–water partition coefficient (Wildman–Crippen LogP) is 2.05. The molecular formula is C14H20FNO3. The van der Waals surface area contributed by atoms with Gasteiger partial charge in [-0.25, -0.2) is 4.39 Å². The Morgan fingerprint density at radius 1 is 1.42 bits per heavy atom. The number of hydrogen-bond donors (Lipinski definition) is 1. The highest BCUT2D eigenvalue weighted by Gasteiger charge is 2.20. The summed E-state index contributed by atoms with van der Waals surface area (Å²) in [7, 11) is 0. The minimum absolute atomic E-state index is 0.0348. The average molecular weight is 269 g/mol. The maximum absolute atomic E-state index is 13.7. The molecule has 1 aromatic rings. The molecule has 19 heavy (non-hydrogen) atoms. The molecule has 0 fully saturated rings. The van der Waals surface area contributed by atoms with Gasteiger partial charge >= 0.3 is 5.97 Å². The molecule has 0 aromatic heterocycles. The minimum Gasteiger partial charge on any atom is -0.488 e. The van der Waals surface area contributed by atoms with Crippen LogP contribution in [0.1, 0.15) is 19.4 Å². The molecule has 1 aromatic carbocycles. The summed E-state index contributed by atoms with van der Waals surface area (Å²) in [6.07, 6.45) is 0. The third kappa shape index (κ3) is 4.52. The summed E-state index contributed by atoms with van der Waals surface area (Å²) >= 11 is 0. The van der Waals surface area contributed by atoms with Gasteiger partial charge in [0, 0.05) is 0 Å². The van der Waals surface area contributed by atoms with Crippen molar-refractivity contribution < 1.29 is 18.7 Å². The fraction of sp³-hybridized carbons (Fsp3) is 0.500. The molecule has 1 atom stereocenters. The molecule has 0 saturated heterocycles. The molecule has 0 amide bonds. The standard InChI is InChI=1S/C14H20FNO3/c1-4-16-11(14(17)18-5-2)9-19-12-8-6-7-10(3)13(12)15/h6-8,11,16H,4-5,9H2,1-3H3. The molecule has 4 nitrogen and oxygen atoms in total. The molecule has 0 spiro atoms. The third-order valence-electron chi connectivity index (χ3n) is 2.58. The van der Waals surface area contributed by atoms with Crippen molar-refractivity contribution in [2.24, 2.45) is 0 Å². The fourth-order valence-electron chi connectivity index (χ4n) is 1.60. The van der Waals surface area contributed by atoms with Gasteiger partial charge in [0.15, 0.2) is 11.6 Å². The summed E-state index contributed by atoms with van der Waals surface area (Å²) in [6.45, 7) is 6.21. The number of rotatable bonds is 7. The predicted molar refractivity (Wildman–Crippen MR) is 70.7 cm³/mol. The minimum atomic E-state index is -0.593. The van der Waals surface area contributed by atoms with E-state index in [-0.39, 0.29) is 12.4 Å². The van der Waals surface area contributed by atoms with Crippen LogP contribution in [0.4, 0.5) is 4.39 Å². The number of esters is 1. The van der Waals surface area contributed by atoms with Crippen LogP contribution in [0.3, 0.4) is 0 Å². The lowest BCUT2D eigenvalue weighted by Crippen LogP contribution is -2.42. The summed E-state index contributed by atoms with van der Waals surface area (Å²) in [5.74, 6) is -0.647. The first-order valence-electron chi connectivity index (χ1n) is 6.38. The van der Waals surface area contributed by atoms with Gasteiger partial charge in [-0.2, -0.15) is 0 Å². The molecular weight excluding hydrogens is 249 g/mol. The van der Waals surface area contributed by atoms with Gasteiger partial charge in [-0.1, -0.05) is 19.1 Å². The zero-order valence-corrected chi connectivity index (χ0v) is 11.5. The number of ether oxygens (including phenoxy) is 2. The normalized spacial score (nSPS) is 12.0. The average Bonchev–Trinajstić information content (AvgIpc) is 2.39. The van der Waals surface area contributed by atoms with E-state index in [0.29, 0.717) is 18.7 Å². The van der Waals surface area contributed by atoms with Gasteiger partial charge in [0.2, 0.25) is 0 Å². The van der Waals surface area contributed by atoms with Crippen molar-refractivity contribution in [2.45, 2.75) is 26.8 Å². The van der Waals surface area contributed by atoms with Crippen LogP contribution in [0, 0.1) is 12.7 Å². The molecule has 5 heteroatoms. The summed E-state index contributed by atoms with van der Waals surface area (Å²) in [4.78, 5) is 11.6. The molecule has 0 radical (unpaired) electrons. The first kappa shape index (κ1) is 15.4. The zero-order valence-electron chi connectivity index (χ0n) is 11.5. The molecule has 0 heterocycles. The van der Waals surface area contributed by atoms with Gasteiger partial charge in [0.1, 0.15) is 12.6 Å². The number of hydrogen-bond acceptors (Lipinski definition) is 4. The number of likely N-dealkylation sites (N-methyl/N-ethyl adjacent to an activating group) is 1. The number of benzene rings is 1. The smallest absolute Gasteiger partial charge is 0.326 e. The Balaban J connectivity index is 2.65. The lowest BCUT2D eigenvalue weighted by atomic mass is 10.2. The van der Waals surface area contributed by atoms with Crippen molar-refractivity contribution in [2.75, 3.05) is 19.8 Å². The van der Waals surface area contributed by atoms with E-state index >= 15 is 0 Å². The van der Waals surface area contributed by atoms with Crippen LogP contribution in [0.5, 0.6) is 5.75 Å². The summed E-state index contributed by atoms with van der Waals surface area (Å²) < 4.78 is 24.0. The molecule has 0 aliphatic heterocycles. The topological polar surface area (TPSA) is 47.6 Å². The van der Waals surface area contributed by atoms with E-state index in [1.165, 1.54) is 6.07 Å². The van der Waals surface area contributed by atoms with Crippen molar-refractivity contribution in [3.8, 4) is 5.75 Å². The van der Waals surface area contributed by atoms with E-state index < -0.39 is 17.8 Å². The van der Waals surface area contributed by atoms with Crippen LogP contribution >= 0.6 is 0 Å². The highest BCUT2D eigenvalue weighted by molar-refractivity contribution is 5.76. The lowest BCUT2D eigenvalue weighted by molar-refractivity contribution is -0.146. The fourth-order valence-corrected chi connectivity index (χ4v) is 1.60. The number of nitrogens with one attached hydrogen (secondary N) is 1. The summed E-state index contributed by atoms with van der Waals surface area (Å²) in [5.41, 5.74) is 0.508. The quantitative estimate of drug-likeness (QED) is 0.770. The second kappa shape index (κ2) is 7.74. The van der Waals surface area contributed by atoms with Crippen molar-refractivity contribution >= 4 is 5.97 Å². The van der Waals surface area contributed by atoms with E-state index in [2.05, 4.69) is 5.32 Å². The van der Waals surface area contributed by atoms with Crippen LogP contribution in [-0.2, 0) is 9.53 Å². The molecule has 1 N–H and O–H groups in total. The lowest BCUT2D eigenvalue weighted by Gasteiger charge is -2.17. The van der Waals surface area contributed by atoms with Crippen LogP contribution in [-0.4, -0.2) is 31.8 Å². The van der Waals surface area contributed by atoms with Gasteiger partial charge in [-0.05, 0) is 32.0 Å². The number of aryl methyl sites for hydroxylation is 1. The zero-order chi connectivity index (χ0) is 14.3. The molecule has 1 rings (SSSR count). The Bertz CT molecular complexity index is 423. The molecule has 0 aliphatic carbocycles. The van der Waals surface area contributed by atoms with Crippen LogP contribution in [0.15, 0.2) is 18.2 Å². The van der Waals surface area contributed by atoms with E-state index in [0.717, 1.165) is 0 Å². The number of carbonyl (C=O) groups is 1. The maximum Gasteiger partial charge on any atom is 0.326 e. The van der Waals surface area contributed by atoms with Crippen molar-refractivity contribution in [1.82, 2.24) is 5.32 Å². The molecule has 106 valence electrons. The summed E-state index contributed by atoms with van der Waals surface area (Å²) in [5, 5.41) is 2.95. The molecule has 0 aliphatic rings. The molecule has 0 saturated carbocycles. The monoisotopic (exact) mass is 269 g/mol. The van der Waals surface area contributed by atoms with Gasteiger partial charge in [-0.15, -0.1) is 0 Å². The van der Waals surface area contributed by atoms with Gasteiger partial charge < -0.3 is 14.8 Å². The van der Waals surface area contributed by atoms with E-state index in [1.807, 2.05) is 6.92 Å². The van der Waals surface area contributed by atoms with Crippen LogP contribution in [0.2, 0.25) is 0 Å². The van der Waals surface area contributed by atoms with Gasteiger partial charge in [0.05, 0.1) is 6.61 Å². The highest BCUT2D eigenvalue weighted by atomic mass is 19.1. The molecule has 1 unspecified atom stereocenters. The Labute approximate surface area is 112 Å². The summed E-state index contributed by atoms with van der Waals surface area (Å²) in [6, 6.07) is 4.32. The molecule has 0 bridgehead atoms. The highest BCUT2D eigenvalue weighted by Crippen LogP contribution is 2.19. The van der Waals surface area contributed by atoms with Crippen molar-refractivity contribution in [1.29, 1.82) is 0 Å². The van der Waals surface area contributed by atoms with Gasteiger partial charge in [0.25, 0.3) is 0 Å². The second-order valence-corrected chi connectivity index (χ2v) is 4.06. The number of carbonyl (C=O) groups excluding carboxylic acids is 1. The van der Waals surface area contributed by atoms with Crippen molar-refractivity contribution in [3.05, 3.63) is 29.6 Å². The third-order valence-corrected chi connectivity index (χ3v) is 2.58. The second-order valence-electron chi connectivity index (χ2n) is 4.06. The van der Waals surface area contributed by atoms with Crippen molar-refractivity contribution in [3.63, 3.8) is 0 Å². The number of halogens is 1. The van der Waals surface area contributed by atoms with E-state index in [9.17, 15) is 9.18 Å². The maximum atomic E-state index is 13.7. The van der Waals surface area contributed by atoms with Crippen LogP contribution < -0.4 is 10.1 Å². The first-order chi connectivity index (χ1) is 9.10. The van der Waals surface area contributed by atoms with E-state index in [1.54, 1.807) is 26.0 Å². The van der Waals surface area contributed by atoms with Crippen LogP contribution in [0.25, 0.3) is 0 Å². The Kier molecular flexibility index (Phi) is 6.29.